The fraction of sp³-hybridized carbons (Fsp3) is 0.929. The maximum Gasteiger partial charge on any atom is 0.191 e. The largest absolute Gasteiger partial charge is 0.355 e. The van der Waals surface area contributed by atoms with Crippen LogP contribution < -0.4 is 10.6 Å². The molecule has 0 saturated heterocycles. The molecule has 0 radical (unpaired) electrons. The summed E-state index contributed by atoms with van der Waals surface area (Å²) in [5, 5.41) is 6.84. The molecule has 0 aromatic rings. The van der Waals surface area contributed by atoms with Crippen LogP contribution >= 0.6 is 0 Å². The van der Waals surface area contributed by atoms with Gasteiger partial charge in [-0.2, -0.15) is 0 Å². The molecule has 0 aromatic heterocycles. The minimum Gasteiger partial charge on any atom is -0.355 e. The molecule has 0 heterocycles. The molecule has 1 rings (SSSR count). The van der Waals surface area contributed by atoms with Gasteiger partial charge in [-0.1, -0.05) is 6.92 Å². The normalized spacial score (nSPS) is 23.9. The van der Waals surface area contributed by atoms with Crippen LogP contribution in [0.1, 0.15) is 41.0 Å². The van der Waals surface area contributed by atoms with Crippen molar-refractivity contribution in [1.29, 1.82) is 0 Å². The Labute approximate surface area is 112 Å². The number of aliphatic imine (C=N–C) groups is 1. The maximum atomic E-state index is 4.27. The van der Waals surface area contributed by atoms with Crippen LogP contribution in [0.4, 0.5) is 0 Å². The average molecular weight is 254 g/mol. The van der Waals surface area contributed by atoms with Crippen molar-refractivity contribution >= 4 is 5.96 Å². The molecule has 1 aliphatic rings. The van der Waals surface area contributed by atoms with Gasteiger partial charge in [-0.3, -0.25) is 9.89 Å². The van der Waals surface area contributed by atoms with Crippen LogP contribution in [0.2, 0.25) is 0 Å². The summed E-state index contributed by atoms with van der Waals surface area (Å²) in [6.45, 7) is 13.3. The van der Waals surface area contributed by atoms with Crippen molar-refractivity contribution in [1.82, 2.24) is 15.5 Å². The number of hydrogen-bond donors (Lipinski definition) is 2. The number of guanidine groups is 1. The van der Waals surface area contributed by atoms with Crippen LogP contribution in [0.25, 0.3) is 0 Å². The van der Waals surface area contributed by atoms with E-state index in [2.05, 4.69) is 55.1 Å². The lowest BCUT2D eigenvalue weighted by molar-refractivity contribution is 0.178. The first-order valence-corrected chi connectivity index (χ1v) is 7.18. The first kappa shape index (κ1) is 15.3. The third kappa shape index (κ3) is 4.84. The highest BCUT2D eigenvalue weighted by Crippen LogP contribution is 2.28. The highest BCUT2D eigenvalue weighted by Gasteiger charge is 2.33. The molecule has 0 amide bonds. The molecule has 0 aliphatic heterocycles. The number of nitrogens with one attached hydrogen (secondary N) is 2. The minimum absolute atomic E-state index is 0.588. The summed E-state index contributed by atoms with van der Waals surface area (Å²) in [4.78, 5) is 6.75. The molecule has 0 bridgehead atoms. The lowest BCUT2D eigenvalue weighted by atomic mass is 10.2. The second-order valence-electron chi connectivity index (χ2n) is 5.89. The lowest BCUT2D eigenvalue weighted by Gasteiger charge is -2.30. The van der Waals surface area contributed by atoms with Crippen LogP contribution in [0.3, 0.4) is 0 Å². The Balaban J connectivity index is 2.26. The highest BCUT2D eigenvalue weighted by molar-refractivity contribution is 5.80. The first-order valence-electron chi connectivity index (χ1n) is 7.18. The first-order chi connectivity index (χ1) is 8.45. The third-order valence-electron chi connectivity index (χ3n) is 3.64. The standard InChI is InChI=1S/C14H30N4/c1-10(2)18(11(3)4)8-7-16-14(15-6)17-13-9-12(13)5/h10-13H,7-9H2,1-6H3,(H2,15,16,17). The van der Waals surface area contributed by atoms with Gasteiger partial charge < -0.3 is 10.6 Å². The zero-order valence-electron chi connectivity index (χ0n) is 12.8. The maximum absolute atomic E-state index is 4.27. The summed E-state index contributed by atoms with van der Waals surface area (Å²) in [7, 11) is 1.84. The van der Waals surface area contributed by atoms with Crippen molar-refractivity contribution in [2.75, 3.05) is 20.1 Å². The quantitative estimate of drug-likeness (QED) is 0.559. The van der Waals surface area contributed by atoms with E-state index in [9.17, 15) is 0 Å². The van der Waals surface area contributed by atoms with Crippen molar-refractivity contribution in [3.05, 3.63) is 0 Å². The molecule has 0 spiro atoms. The van der Waals surface area contributed by atoms with Gasteiger partial charge in [0.25, 0.3) is 0 Å². The molecule has 4 nitrogen and oxygen atoms in total. The number of nitrogens with zero attached hydrogens (tertiary/aromatic N) is 2. The number of rotatable bonds is 6. The molecule has 1 fully saturated rings. The highest BCUT2D eigenvalue weighted by atomic mass is 15.2. The smallest absolute Gasteiger partial charge is 0.191 e. The molecule has 2 unspecified atom stereocenters. The molecule has 0 aromatic carbocycles. The van der Waals surface area contributed by atoms with E-state index < -0.39 is 0 Å². The molecule has 2 atom stereocenters. The molecule has 1 aliphatic carbocycles. The Bertz CT molecular complexity index is 265. The van der Waals surface area contributed by atoms with Crippen LogP contribution in [0, 0.1) is 5.92 Å². The number of hydrogen-bond acceptors (Lipinski definition) is 2. The topological polar surface area (TPSA) is 39.7 Å². The molecule has 4 heteroatoms. The second-order valence-corrected chi connectivity index (χ2v) is 5.89. The molecular formula is C14H30N4. The van der Waals surface area contributed by atoms with Crippen LogP contribution in [0.5, 0.6) is 0 Å². The SMILES string of the molecule is CN=C(NCCN(C(C)C)C(C)C)NC1CC1C. The fourth-order valence-corrected chi connectivity index (χ4v) is 2.31. The van der Waals surface area contributed by atoms with Crippen molar-refractivity contribution in [2.24, 2.45) is 10.9 Å². The molecule has 2 N–H and O–H groups in total. The zero-order valence-corrected chi connectivity index (χ0v) is 12.8. The summed E-state index contributed by atoms with van der Waals surface area (Å²) in [6.07, 6.45) is 1.27. The lowest BCUT2D eigenvalue weighted by Crippen LogP contribution is -2.45. The van der Waals surface area contributed by atoms with Crippen molar-refractivity contribution in [3.8, 4) is 0 Å². The summed E-state index contributed by atoms with van der Waals surface area (Å²) in [5.74, 6) is 1.74. The van der Waals surface area contributed by atoms with Gasteiger partial charge in [-0.05, 0) is 40.0 Å². The third-order valence-corrected chi connectivity index (χ3v) is 3.64. The van der Waals surface area contributed by atoms with Crippen molar-refractivity contribution in [2.45, 2.75) is 59.2 Å². The minimum atomic E-state index is 0.588. The van der Waals surface area contributed by atoms with Gasteiger partial charge in [0, 0.05) is 38.3 Å². The van der Waals surface area contributed by atoms with E-state index in [0.717, 1.165) is 25.0 Å². The summed E-state index contributed by atoms with van der Waals surface area (Å²) < 4.78 is 0. The summed E-state index contributed by atoms with van der Waals surface area (Å²) >= 11 is 0. The Morgan fingerprint density at radius 1 is 1.28 bits per heavy atom. The zero-order chi connectivity index (χ0) is 13.7. The van der Waals surface area contributed by atoms with E-state index in [1.807, 2.05) is 7.05 Å². The second kappa shape index (κ2) is 6.98. The fourth-order valence-electron chi connectivity index (χ4n) is 2.31. The van der Waals surface area contributed by atoms with Crippen LogP contribution in [-0.4, -0.2) is 49.1 Å². The van der Waals surface area contributed by atoms with Gasteiger partial charge in [0.2, 0.25) is 0 Å². The van der Waals surface area contributed by atoms with Gasteiger partial charge in [0.05, 0.1) is 0 Å². The van der Waals surface area contributed by atoms with Crippen molar-refractivity contribution in [3.63, 3.8) is 0 Å². The van der Waals surface area contributed by atoms with Crippen LogP contribution in [0.15, 0.2) is 4.99 Å². The molecular weight excluding hydrogens is 224 g/mol. The predicted molar refractivity (Wildman–Crippen MR) is 79.0 cm³/mol. The monoisotopic (exact) mass is 254 g/mol. The predicted octanol–water partition coefficient (Wildman–Crippen LogP) is 1.68. The van der Waals surface area contributed by atoms with E-state index in [-0.39, 0.29) is 0 Å². The van der Waals surface area contributed by atoms with Gasteiger partial charge in [-0.25, -0.2) is 0 Å². The van der Waals surface area contributed by atoms with Gasteiger partial charge in [0.1, 0.15) is 0 Å². The molecule has 1 saturated carbocycles. The van der Waals surface area contributed by atoms with E-state index in [4.69, 9.17) is 0 Å². The Hall–Kier alpha value is -0.770. The Morgan fingerprint density at radius 2 is 1.83 bits per heavy atom. The van der Waals surface area contributed by atoms with E-state index in [1.54, 1.807) is 0 Å². The van der Waals surface area contributed by atoms with E-state index in [1.165, 1.54) is 6.42 Å². The summed E-state index contributed by atoms with van der Waals surface area (Å²) in [6, 6.07) is 1.80. The van der Waals surface area contributed by atoms with Gasteiger partial charge >= 0.3 is 0 Å². The average Bonchev–Trinajstić information content (AvgIpc) is 2.97. The Morgan fingerprint density at radius 3 is 2.22 bits per heavy atom. The van der Waals surface area contributed by atoms with Gasteiger partial charge in [0.15, 0.2) is 5.96 Å². The molecule has 18 heavy (non-hydrogen) atoms. The van der Waals surface area contributed by atoms with Crippen molar-refractivity contribution < 1.29 is 0 Å². The van der Waals surface area contributed by atoms with E-state index in [0.29, 0.717) is 18.1 Å². The molecule has 106 valence electrons. The van der Waals surface area contributed by atoms with E-state index >= 15 is 0 Å². The van der Waals surface area contributed by atoms with Gasteiger partial charge in [-0.15, -0.1) is 0 Å². The Kier molecular flexibility index (Phi) is 5.93. The summed E-state index contributed by atoms with van der Waals surface area (Å²) in [5.41, 5.74) is 0. The van der Waals surface area contributed by atoms with Crippen LogP contribution in [-0.2, 0) is 0 Å².